The van der Waals surface area contributed by atoms with Gasteiger partial charge < -0.3 is 10.2 Å². The molecule has 1 heterocycles. The number of hydrogen-bond donors (Lipinski definition) is 1. The van der Waals surface area contributed by atoms with Crippen LogP contribution in [0.2, 0.25) is 0 Å². The van der Waals surface area contributed by atoms with Gasteiger partial charge in [-0.05, 0) is 30.7 Å². The zero-order valence-electron chi connectivity index (χ0n) is 8.69. The van der Waals surface area contributed by atoms with Crippen molar-refractivity contribution in [2.24, 2.45) is 5.73 Å². The minimum atomic E-state index is -0.251. The number of furan rings is 1. The molecule has 3 rings (SSSR count). The van der Waals surface area contributed by atoms with E-state index in [0.717, 1.165) is 17.7 Å². The van der Waals surface area contributed by atoms with Crippen molar-refractivity contribution in [3.05, 3.63) is 48.0 Å². The van der Waals surface area contributed by atoms with Crippen LogP contribution in [0.4, 0.5) is 4.39 Å². The molecule has 1 aromatic carbocycles. The van der Waals surface area contributed by atoms with Crippen LogP contribution in [0.15, 0.2) is 40.8 Å². The van der Waals surface area contributed by atoms with Crippen LogP contribution in [0.5, 0.6) is 0 Å². The summed E-state index contributed by atoms with van der Waals surface area (Å²) in [5, 5.41) is 0. The Balaban J connectivity index is 1.92. The summed E-state index contributed by atoms with van der Waals surface area (Å²) in [6.07, 6.45) is 0.982. The smallest absolute Gasteiger partial charge is 0.134 e. The molecule has 0 radical (unpaired) electrons. The SMILES string of the molecule is N[C@H]1C[C@@H]1c1ccc(-c2cccc(F)c2)o1. The van der Waals surface area contributed by atoms with Crippen LogP contribution in [0.1, 0.15) is 18.1 Å². The molecular weight excluding hydrogens is 205 g/mol. The van der Waals surface area contributed by atoms with Crippen molar-refractivity contribution >= 4 is 0 Å². The van der Waals surface area contributed by atoms with Crippen LogP contribution in [0.3, 0.4) is 0 Å². The summed E-state index contributed by atoms with van der Waals surface area (Å²) in [6.45, 7) is 0. The van der Waals surface area contributed by atoms with E-state index in [1.165, 1.54) is 12.1 Å². The Hall–Kier alpha value is -1.61. The van der Waals surface area contributed by atoms with E-state index in [-0.39, 0.29) is 11.9 Å². The molecule has 82 valence electrons. The summed E-state index contributed by atoms with van der Waals surface area (Å²) in [5.74, 6) is 1.71. The fraction of sp³-hybridized carbons (Fsp3) is 0.231. The van der Waals surface area contributed by atoms with Crippen LogP contribution < -0.4 is 5.73 Å². The molecular formula is C13H12FNO. The largest absolute Gasteiger partial charge is 0.461 e. The predicted molar refractivity (Wildman–Crippen MR) is 59.4 cm³/mol. The number of rotatable bonds is 2. The average Bonchev–Trinajstić information content (AvgIpc) is 2.81. The molecule has 3 heteroatoms. The molecule has 0 bridgehead atoms. The van der Waals surface area contributed by atoms with Gasteiger partial charge in [-0.3, -0.25) is 0 Å². The molecule has 0 unspecified atom stereocenters. The molecule has 1 aromatic heterocycles. The van der Waals surface area contributed by atoms with Crippen LogP contribution in [0.25, 0.3) is 11.3 Å². The molecule has 0 spiro atoms. The van der Waals surface area contributed by atoms with E-state index >= 15 is 0 Å². The second kappa shape index (κ2) is 3.46. The number of benzene rings is 1. The van der Waals surface area contributed by atoms with Gasteiger partial charge in [0.25, 0.3) is 0 Å². The lowest BCUT2D eigenvalue weighted by atomic mass is 10.2. The van der Waals surface area contributed by atoms with Gasteiger partial charge in [0.2, 0.25) is 0 Å². The summed E-state index contributed by atoms with van der Waals surface area (Å²) in [5.41, 5.74) is 6.51. The lowest BCUT2D eigenvalue weighted by Crippen LogP contribution is -2.00. The Kier molecular flexibility index (Phi) is 2.07. The van der Waals surface area contributed by atoms with Gasteiger partial charge in [-0.25, -0.2) is 4.39 Å². The summed E-state index contributed by atoms with van der Waals surface area (Å²) in [6, 6.07) is 10.4. The highest BCUT2D eigenvalue weighted by Crippen LogP contribution is 2.41. The minimum absolute atomic E-state index is 0.228. The van der Waals surface area contributed by atoms with Crippen molar-refractivity contribution in [3.63, 3.8) is 0 Å². The maximum atomic E-state index is 13.0. The van der Waals surface area contributed by atoms with Crippen LogP contribution in [0, 0.1) is 5.82 Å². The summed E-state index contributed by atoms with van der Waals surface area (Å²) >= 11 is 0. The van der Waals surface area contributed by atoms with E-state index in [9.17, 15) is 4.39 Å². The van der Waals surface area contributed by atoms with E-state index in [4.69, 9.17) is 10.2 Å². The summed E-state index contributed by atoms with van der Waals surface area (Å²) in [4.78, 5) is 0. The van der Waals surface area contributed by atoms with Gasteiger partial charge in [0.1, 0.15) is 17.3 Å². The molecule has 0 aliphatic heterocycles. The number of halogens is 1. The fourth-order valence-electron chi connectivity index (χ4n) is 1.89. The molecule has 1 fully saturated rings. The predicted octanol–water partition coefficient (Wildman–Crippen LogP) is 2.90. The molecule has 2 nitrogen and oxygen atoms in total. The topological polar surface area (TPSA) is 39.2 Å². The highest BCUT2D eigenvalue weighted by atomic mass is 19.1. The molecule has 0 amide bonds. The molecule has 2 aromatic rings. The molecule has 0 saturated heterocycles. The third-order valence-corrected chi connectivity index (χ3v) is 2.94. The molecule has 16 heavy (non-hydrogen) atoms. The van der Waals surface area contributed by atoms with E-state index in [0.29, 0.717) is 11.7 Å². The number of nitrogens with two attached hydrogens (primary N) is 1. The van der Waals surface area contributed by atoms with Crippen LogP contribution in [-0.2, 0) is 0 Å². The van der Waals surface area contributed by atoms with Crippen molar-refractivity contribution < 1.29 is 8.81 Å². The van der Waals surface area contributed by atoms with E-state index in [2.05, 4.69) is 0 Å². The monoisotopic (exact) mass is 217 g/mol. The second-order valence-corrected chi connectivity index (χ2v) is 4.22. The maximum absolute atomic E-state index is 13.0. The van der Waals surface area contributed by atoms with Gasteiger partial charge in [0.15, 0.2) is 0 Å². The molecule has 2 atom stereocenters. The van der Waals surface area contributed by atoms with Gasteiger partial charge in [-0.1, -0.05) is 12.1 Å². The second-order valence-electron chi connectivity index (χ2n) is 4.22. The first-order chi connectivity index (χ1) is 7.74. The highest BCUT2D eigenvalue weighted by Gasteiger charge is 2.37. The molecule has 1 saturated carbocycles. The normalized spacial score (nSPS) is 23.4. The van der Waals surface area contributed by atoms with E-state index < -0.39 is 0 Å². The third-order valence-electron chi connectivity index (χ3n) is 2.94. The quantitative estimate of drug-likeness (QED) is 0.840. The van der Waals surface area contributed by atoms with E-state index in [1.807, 2.05) is 18.2 Å². The Bertz CT molecular complexity index is 520. The molecule has 1 aliphatic carbocycles. The highest BCUT2D eigenvalue weighted by molar-refractivity contribution is 5.57. The van der Waals surface area contributed by atoms with E-state index in [1.54, 1.807) is 6.07 Å². The summed E-state index contributed by atoms with van der Waals surface area (Å²) in [7, 11) is 0. The van der Waals surface area contributed by atoms with Gasteiger partial charge in [0.05, 0.1) is 0 Å². The van der Waals surface area contributed by atoms with Gasteiger partial charge in [-0.2, -0.15) is 0 Å². The minimum Gasteiger partial charge on any atom is -0.461 e. The lowest BCUT2D eigenvalue weighted by molar-refractivity contribution is 0.521. The Morgan fingerprint density at radius 3 is 2.75 bits per heavy atom. The Morgan fingerprint density at radius 1 is 1.25 bits per heavy atom. The Morgan fingerprint density at radius 2 is 2.06 bits per heavy atom. The van der Waals surface area contributed by atoms with Crippen molar-refractivity contribution in [2.75, 3.05) is 0 Å². The van der Waals surface area contributed by atoms with Crippen molar-refractivity contribution in [1.82, 2.24) is 0 Å². The summed E-state index contributed by atoms with van der Waals surface area (Å²) < 4.78 is 18.7. The van der Waals surface area contributed by atoms with Crippen molar-refractivity contribution in [2.45, 2.75) is 18.4 Å². The first-order valence-electron chi connectivity index (χ1n) is 5.35. The Labute approximate surface area is 92.9 Å². The van der Waals surface area contributed by atoms with Crippen LogP contribution in [-0.4, -0.2) is 6.04 Å². The van der Waals surface area contributed by atoms with Crippen molar-refractivity contribution in [1.29, 1.82) is 0 Å². The maximum Gasteiger partial charge on any atom is 0.134 e. The number of hydrogen-bond acceptors (Lipinski definition) is 2. The average molecular weight is 217 g/mol. The van der Waals surface area contributed by atoms with Crippen molar-refractivity contribution in [3.8, 4) is 11.3 Å². The fourth-order valence-corrected chi connectivity index (χ4v) is 1.89. The first-order valence-corrected chi connectivity index (χ1v) is 5.35. The third kappa shape index (κ3) is 1.63. The molecule has 1 aliphatic rings. The van der Waals surface area contributed by atoms with Crippen LogP contribution >= 0.6 is 0 Å². The molecule has 2 N–H and O–H groups in total. The zero-order valence-corrected chi connectivity index (χ0v) is 8.69. The standard InChI is InChI=1S/C13H12FNO/c14-9-3-1-2-8(6-9)12-4-5-13(16-12)10-7-11(10)15/h1-6,10-11H,7,15H2/t10-,11-/m0/s1. The van der Waals surface area contributed by atoms with Gasteiger partial charge in [-0.15, -0.1) is 0 Å². The lowest BCUT2D eigenvalue weighted by Gasteiger charge is -1.97. The van der Waals surface area contributed by atoms with Gasteiger partial charge in [0, 0.05) is 17.5 Å². The first kappa shape index (κ1) is 9.60. The van der Waals surface area contributed by atoms with Gasteiger partial charge >= 0.3 is 0 Å². The zero-order chi connectivity index (χ0) is 11.1.